The van der Waals surface area contributed by atoms with Gasteiger partial charge in [0.2, 0.25) is 0 Å². The SMILES string of the molecule is CC(C)=CCN1CCC(NCCN2CCSCC2)CC1. The molecule has 0 aliphatic carbocycles. The average molecular weight is 298 g/mol. The summed E-state index contributed by atoms with van der Waals surface area (Å²) in [6.07, 6.45) is 4.97. The first-order valence-corrected chi connectivity index (χ1v) is 9.29. The van der Waals surface area contributed by atoms with Crippen LogP contribution >= 0.6 is 11.8 Å². The lowest BCUT2D eigenvalue weighted by molar-refractivity contribution is 0.209. The van der Waals surface area contributed by atoms with Crippen LogP contribution < -0.4 is 5.32 Å². The van der Waals surface area contributed by atoms with E-state index in [1.807, 2.05) is 0 Å². The molecule has 4 heteroatoms. The first-order valence-electron chi connectivity index (χ1n) is 8.13. The number of allylic oxidation sites excluding steroid dienone is 1. The zero-order chi connectivity index (χ0) is 14.2. The predicted molar refractivity (Wildman–Crippen MR) is 90.7 cm³/mol. The van der Waals surface area contributed by atoms with Crippen LogP contribution in [-0.2, 0) is 0 Å². The van der Waals surface area contributed by atoms with Gasteiger partial charge in [-0.25, -0.2) is 0 Å². The van der Waals surface area contributed by atoms with E-state index in [9.17, 15) is 0 Å². The zero-order valence-electron chi connectivity index (χ0n) is 13.2. The van der Waals surface area contributed by atoms with Crippen LogP contribution in [0.15, 0.2) is 11.6 Å². The summed E-state index contributed by atoms with van der Waals surface area (Å²) in [7, 11) is 0. The first-order chi connectivity index (χ1) is 9.74. The van der Waals surface area contributed by atoms with Crippen LogP contribution in [0.25, 0.3) is 0 Å². The number of thioether (sulfide) groups is 1. The molecule has 1 N–H and O–H groups in total. The highest BCUT2D eigenvalue weighted by Gasteiger charge is 2.18. The van der Waals surface area contributed by atoms with Gasteiger partial charge in [-0.2, -0.15) is 11.8 Å². The second kappa shape index (κ2) is 9.08. The number of rotatable bonds is 6. The highest BCUT2D eigenvalue weighted by atomic mass is 32.2. The summed E-state index contributed by atoms with van der Waals surface area (Å²) in [6, 6.07) is 0.747. The van der Waals surface area contributed by atoms with Gasteiger partial charge in [0.1, 0.15) is 0 Å². The second-order valence-electron chi connectivity index (χ2n) is 6.26. The number of hydrogen-bond donors (Lipinski definition) is 1. The summed E-state index contributed by atoms with van der Waals surface area (Å²) in [5.74, 6) is 2.64. The Morgan fingerprint density at radius 2 is 1.80 bits per heavy atom. The third-order valence-electron chi connectivity index (χ3n) is 4.31. The second-order valence-corrected chi connectivity index (χ2v) is 7.49. The third kappa shape index (κ3) is 6.17. The molecule has 0 aromatic rings. The van der Waals surface area contributed by atoms with E-state index in [2.05, 4.69) is 46.8 Å². The van der Waals surface area contributed by atoms with E-state index >= 15 is 0 Å². The molecule has 0 aromatic heterocycles. The van der Waals surface area contributed by atoms with E-state index in [1.54, 1.807) is 0 Å². The fourth-order valence-electron chi connectivity index (χ4n) is 2.88. The molecule has 20 heavy (non-hydrogen) atoms. The fraction of sp³-hybridized carbons (Fsp3) is 0.875. The van der Waals surface area contributed by atoms with E-state index in [0.717, 1.165) is 12.6 Å². The summed E-state index contributed by atoms with van der Waals surface area (Å²) in [5, 5.41) is 3.76. The maximum atomic E-state index is 3.76. The van der Waals surface area contributed by atoms with Gasteiger partial charge < -0.3 is 10.2 Å². The molecular weight excluding hydrogens is 266 g/mol. The highest BCUT2D eigenvalue weighted by molar-refractivity contribution is 7.99. The third-order valence-corrected chi connectivity index (χ3v) is 5.25. The molecule has 0 atom stereocenters. The quantitative estimate of drug-likeness (QED) is 0.756. The molecule has 2 rings (SSSR count). The molecule has 0 unspecified atom stereocenters. The van der Waals surface area contributed by atoms with E-state index in [4.69, 9.17) is 0 Å². The number of nitrogens with zero attached hydrogens (tertiary/aromatic N) is 2. The summed E-state index contributed by atoms with van der Waals surface area (Å²) < 4.78 is 0. The minimum atomic E-state index is 0.747. The van der Waals surface area contributed by atoms with Crippen molar-refractivity contribution < 1.29 is 0 Å². The van der Waals surface area contributed by atoms with E-state index < -0.39 is 0 Å². The topological polar surface area (TPSA) is 18.5 Å². The normalized spacial score (nSPS) is 22.9. The highest BCUT2D eigenvalue weighted by Crippen LogP contribution is 2.11. The molecule has 0 spiro atoms. The standard InChI is InChI=1S/C16H31N3S/c1-15(2)3-7-18-8-4-16(5-9-18)17-6-10-19-11-13-20-14-12-19/h3,16-17H,4-14H2,1-2H3. The molecule has 2 fully saturated rings. The zero-order valence-corrected chi connectivity index (χ0v) is 14.1. The minimum absolute atomic E-state index is 0.747. The molecule has 0 saturated carbocycles. The van der Waals surface area contributed by atoms with Gasteiger partial charge in [-0.3, -0.25) is 4.90 Å². The Morgan fingerprint density at radius 1 is 1.10 bits per heavy atom. The lowest BCUT2D eigenvalue weighted by Crippen LogP contribution is -2.45. The van der Waals surface area contributed by atoms with Crippen molar-refractivity contribution in [3.63, 3.8) is 0 Å². The number of hydrogen-bond acceptors (Lipinski definition) is 4. The number of piperidine rings is 1. The molecule has 0 radical (unpaired) electrons. The Labute approximate surface area is 129 Å². The van der Waals surface area contributed by atoms with Gasteiger partial charge in [0, 0.05) is 50.3 Å². The van der Waals surface area contributed by atoms with E-state index in [0.29, 0.717) is 0 Å². The molecule has 2 heterocycles. The van der Waals surface area contributed by atoms with Gasteiger partial charge in [-0.1, -0.05) is 11.6 Å². The minimum Gasteiger partial charge on any atom is -0.313 e. The van der Waals surface area contributed by atoms with Crippen molar-refractivity contribution in [3.05, 3.63) is 11.6 Å². The van der Waals surface area contributed by atoms with Crippen LogP contribution in [0.2, 0.25) is 0 Å². The Balaban J connectivity index is 1.54. The van der Waals surface area contributed by atoms with Gasteiger partial charge in [0.05, 0.1) is 0 Å². The maximum Gasteiger partial charge on any atom is 0.0165 e. The smallest absolute Gasteiger partial charge is 0.0165 e. The molecule has 2 saturated heterocycles. The van der Waals surface area contributed by atoms with Crippen molar-refractivity contribution >= 4 is 11.8 Å². The van der Waals surface area contributed by atoms with E-state index in [1.165, 1.54) is 69.2 Å². The van der Waals surface area contributed by atoms with Crippen LogP contribution in [-0.4, -0.2) is 73.2 Å². The Hall–Kier alpha value is -0.0300. The maximum absolute atomic E-state index is 3.76. The Kier molecular flexibility index (Phi) is 7.42. The van der Waals surface area contributed by atoms with Gasteiger partial charge in [-0.15, -0.1) is 0 Å². The molecule has 0 aromatic carbocycles. The first kappa shape index (κ1) is 16.3. The lowest BCUT2D eigenvalue weighted by atomic mass is 10.0. The van der Waals surface area contributed by atoms with Gasteiger partial charge >= 0.3 is 0 Å². The predicted octanol–water partition coefficient (Wildman–Crippen LogP) is 2.06. The summed E-state index contributed by atoms with van der Waals surface area (Å²) in [4.78, 5) is 5.18. The van der Waals surface area contributed by atoms with Gasteiger partial charge in [-0.05, 0) is 39.8 Å². The summed E-state index contributed by atoms with van der Waals surface area (Å²) in [5.41, 5.74) is 1.44. The van der Waals surface area contributed by atoms with Crippen molar-refractivity contribution in [2.45, 2.75) is 32.7 Å². The molecule has 2 aliphatic heterocycles. The molecule has 3 nitrogen and oxygen atoms in total. The summed E-state index contributed by atoms with van der Waals surface area (Å²) in [6.45, 7) is 13.0. The Bertz CT molecular complexity index is 288. The largest absolute Gasteiger partial charge is 0.313 e. The van der Waals surface area contributed by atoms with Crippen LogP contribution in [0.3, 0.4) is 0 Å². The van der Waals surface area contributed by atoms with Crippen molar-refractivity contribution in [2.75, 3.05) is 57.3 Å². The van der Waals surface area contributed by atoms with Crippen LogP contribution in [0, 0.1) is 0 Å². The van der Waals surface area contributed by atoms with Crippen LogP contribution in [0.5, 0.6) is 0 Å². The number of likely N-dealkylation sites (tertiary alicyclic amines) is 1. The van der Waals surface area contributed by atoms with Crippen LogP contribution in [0.4, 0.5) is 0 Å². The van der Waals surface area contributed by atoms with Crippen molar-refractivity contribution in [2.24, 2.45) is 0 Å². The van der Waals surface area contributed by atoms with Crippen molar-refractivity contribution in [1.29, 1.82) is 0 Å². The molecular formula is C16H31N3S. The van der Waals surface area contributed by atoms with Gasteiger partial charge in [0.15, 0.2) is 0 Å². The van der Waals surface area contributed by atoms with Crippen molar-refractivity contribution in [3.8, 4) is 0 Å². The van der Waals surface area contributed by atoms with Gasteiger partial charge in [0.25, 0.3) is 0 Å². The Morgan fingerprint density at radius 3 is 2.45 bits per heavy atom. The molecule has 116 valence electrons. The van der Waals surface area contributed by atoms with Crippen molar-refractivity contribution in [1.82, 2.24) is 15.1 Å². The molecule has 0 bridgehead atoms. The molecule has 0 amide bonds. The number of nitrogens with one attached hydrogen (secondary N) is 1. The van der Waals surface area contributed by atoms with Crippen LogP contribution in [0.1, 0.15) is 26.7 Å². The fourth-order valence-corrected chi connectivity index (χ4v) is 3.86. The van der Waals surface area contributed by atoms with E-state index in [-0.39, 0.29) is 0 Å². The average Bonchev–Trinajstić information content (AvgIpc) is 2.47. The monoisotopic (exact) mass is 297 g/mol. The summed E-state index contributed by atoms with van der Waals surface area (Å²) >= 11 is 2.09. The molecule has 2 aliphatic rings. The lowest BCUT2D eigenvalue weighted by Gasteiger charge is -2.33.